The van der Waals surface area contributed by atoms with Crippen LogP contribution in [0.15, 0.2) is 138 Å². The third kappa shape index (κ3) is 5.34. The second-order valence-electron chi connectivity index (χ2n) is 10.3. The Morgan fingerprint density at radius 3 is 2.24 bits per heavy atom. The maximum atomic E-state index is 13.8. The second-order valence-corrected chi connectivity index (χ2v) is 10.3. The van der Waals surface area contributed by atoms with Crippen molar-refractivity contribution in [1.82, 2.24) is 24.5 Å². The van der Waals surface area contributed by atoms with Crippen molar-refractivity contribution in [1.29, 1.82) is 0 Å². The maximum Gasteiger partial charge on any atom is 0.188 e. The van der Waals surface area contributed by atoms with Gasteiger partial charge in [0.1, 0.15) is 11.4 Å². The zero-order valence-electron chi connectivity index (χ0n) is 24.1. The summed E-state index contributed by atoms with van der Waals surface area (Å²) in [6.45, 7) is 0. The van der Waals surface area contributed by atoms with Gasteiger partial charge >= 0.3 is 0 Å². The molecular formula is C38H22FIrN5O-2. The van der Waals surface area contributed by atoms with E-state index in [-0.39, 0.29) is 25.9 Å². The molecule has 0 aliphatic rings. The summed E-state index contributed by atoms with van der Waals surface area (Å²) >= 11 is 0. The van der Waals surface area contributed by atoms with E-state index in [1.165, 1.54) is 12.1 Å². The summed E-state index contributed by atoms with van der Waals surface area (Å²) in [6, 6.07) is 46.0. The van der Waals surface area contributed by atoms with Gasteiger partial charge in [-0.05, 0) is 48.2 Å². The van der Waals surface area contributed by atoms with Crippen LogP contribution in [0.3, 0.4) is 0 Å². The van der Waals surface area contributed by atoms with Crippen LogP contribution in [0.2, 0.25) is 0 Å². The van der Waals surface area contributed by atoms with Crippen molar-refractivity contribution in [3.05, 3.63) is 152 Å². The molecule has 0 unspecified atom stereocenters. The van der Waals surface area contributed by atoms with Crippen LogP contribution in [0.5, 0.6) is 0 Å². The van der Waals surface area contributed by atoms with Gasteiger partial charge in [0.05, 0.1) is 22.4 Å². The normalized spacial score (nSPS) is 11.0. The molecule has 0 fully saturated rings. The molecule has 0 bridgehead atoms. The molecule has 1 radical (unpaired) electrons. The van der Waals surface area contributed by atoms with E-state index < -0.39 is 0 Å². The first-order chi connectivity index (χ1) is 22.2. The van der Waals surface area contributed by atoms with Crippen LogP contribution >= 0.6 is 0 Å². The zero-order chi connectivity index (χ0) is 30.2. The number of nitrogens with zero attached hydrogens (tertiary/aromatic N) is 5. The van der Waals surface area contributed by atoms with Gasteiger partial charge in [-0.2, -0.15) is 0 Å². The van der Waals surface area contributed by atoms with Crippen molar-refractivity contribution >= 4 is 44.3 Å². The van der Waals surface area contributed by atoms with Crippen molar-refractivity contribution in [2.24, 2.45) is 0 Å². The van der Waals surface area contributed by atoms with Gasteiger partial charge in [-0.1, -0.05) is 53.4 Å². The quantitative estimate of drug-likeness (QED) is 0.168. The van der Waals surface area contributed by atoms with E-state index in [1.807, 2.05) is 114 Å². The van der Waals surface area contributed by atoms with Gasteiger partial charge in [-0.15, -0.1) is 54.1 Å². The molecule has 9 rings (SSSR count). The maximum absolute atomic E-state index is 13.8. The fourth-order valence-electron chi connectivity index (χ4n) is 5.40. The smallest absolute Gasteiger partial charge is 0.188 e. The molecule has 223 valence electrons. The van der Waals surface area contributed by atoms with Crippen molar-refractivity contribution in [2.45, 2.75) is 0 Å². The number of halogens is 1. The largest absolute Gasteiger partial charge is 0.500 e. The molecule has 0 atom stereocenters. The number of fused-ring (bicyclic) bond motifs is 5. The van der Waals surface area contributed by atoms with Crippen molar-refractivity contribution in [3.8, 4) is 28.3 Å². The van der Waals surface area contributed by atoms with Crippen molar-refractivity contribution in [2.75, 3.05) is 0 Å². The number of para-hydroxylation sites is 3. The van der Waals surface area contributed by atoms with Crippen LogP contribution in [-0.2, 0) is 20.1 Å². The SMILES string of the molecule is Fc1ccc2c(c1)oc1c(-c3nc4nc5ccccc5nc4n3-c3ccccc3)[c-]ccc12.[Ir].[c-]1ccccc1-c1ccccn1. The van der Waals surface area contributed by atoms with Crippen LogP contribution in [0, 0.1) is 17.9 Å². The van der Waals surface area contributed by atoms with Crippen LogP contribution in [0.1, 0.15) is 0 Å². The zero-order valence-corrected chi connectivity index (χ0v) is 26.5. The molecule has 0 aliphatic carbocycles. The molecule has 4 aromatic heterocycles. The van der Waals surface area contributed by atoms with Crippen LogP contribution in [0.4, 0.5) is 4.39 Å². The molecule has 0 saturated carbocycles. The number of imidazole rings is 1. The van der Waals surface area contributed by atoms with E-state index in [2.05, 4.69) is 17.1 Å². The fraction of sp³-hybridized carbons (Fsp3) is 0. The average Bonchev–Trinajstić information content (AvgIpc) is 3.66. The second kappa shape index (κ2) is 12.4. The first-order valence-electron chi connectivity index (χ1n) is 14.3. The first-order valence-corrected chi connectivity index (χ1v) is 14.3. The van der Waals surface area contributed by atoms with Crippen LogP contribution in [0.25, 0.3) is 72.6 Å². The van der Waals surface area contributed by atoms with E-state index in [4.69, 9.17) is 19.4 Å². The number of aromatic nitrogens is 5. The molecule has 46 heavy (non-hydrogen) atoms. The Morgan fingerprint density at radius 2 is 1.46 bits per heavy atom. The molecule has 0 saturated heterocycles. The fourth-order valence-corrected chi connectivity index (χ4v) is 5.40. The molecule has 4 heterocycles. The minimum absolute atomic E-state index is 0. The van der Waals surface area contributed by atoms with Gasteiger partial charge in [-0.3, -0.25) is 4.98 Å². The van der Waals surface area contributed by atoms with Crippen molar-refractivity contribution < 1.29 is 28.9 Å². The molecule has 9 aromatic rings. The molecule has 0 aliphatic heterocycles. The first kappa shape index (κ1) is 29.2. The van der Waals surface area contributed by atoms with E-state index >= 15 is 0 Å². The van der Waals surface area contributed by atoms with E-state index in [0.29, 0.717) is 33.8 Å². The number of furan rings is 1. The predicted molar refractivity (Wildman–Crippen MR) is 174 cm³/mol. The monoisotopic (exact) mass is 776 g/mol. The summed E-state index contributed by atoms with van der Waals surface area (Å²) in [5.74, 6) is 0.264. The van der Waals surface area contributed by atoms with Gasteiger partial charge in [0, 0.05) is 43.4 Å². The molecule has 6 nitrogen and oxygen atoms in total. The molecular weight excluding hydrogens is 754 g/mol. The number of hydrogen-bond donors (Lipinski definition) is 0. The van der Waals surface area contributed by atoms with Crippen LogP contribution in [-0.4, -0.2) is 24.5 Å². The Labute approximate surface area is 276 Å². The molecule has 8 heteroatoms. The van der Waals surface area contributed by atoms with E-state index in [9.17, 15) is 4.39 Å². The summed E-state index contributed by atoms with van der Waals surface area (Å²) in [5.41, 5.74) is 7.37. The molecule has 0 N–H and O–H groups in total. The molecule has 0 amide bonds. The third-order valence-electron chi connectivity index (χ3n) is 7.45. The minimum Gasteiger partial charge on any atom is -0.500 e. The predicted octanol–water partition coefficient (Wildman–Crippen LogP) is 9.02. The Hall–Kier alpha value is -5.56. The van der Waals surface area contributed by atoms with Crippen LogP contribution < -0.4 is 0 Å². The van der Waals surface area contributed by atoms with Gasteiger partial charge in [0.25, 0.3) is 0 Å². The minimum atomic E-state index is -0.344. The Bertz CT molecular complexity index is 2410. The third-order valence-corrected chi connectivity index (χ3v) is 7.45. The van der Waals surface area contributed by atoms with Gasteiger partial charge in [0.15, 0.2) is 11.3 Å². The number of benzene rings is 5. The number of hydrogen-bond acceptors (Lipinski definition) is 5. The van der Waals surface area contributed by atoms with Crippen molar-refractivity contribution in [3.63, 3.8) is 0 Å². The van der Waals surface area contributed by atoms with Gasteiger partial charge in [-0.25, -0.2) is 14.4 Å². The topological polar surface area (TPSA) is 69.6 Å². The van der Waals surface area contributed by atoms with Gasteiger partial charge < -0.3 is 14.0 Å². The standard InChI is InChI=1S/C27H14FN4O.C11H8N.Ir/c28-16-13-14-18-19-9-6-10-20(24(19)33-23(18)15-16)26-31-25-27(32(26)17-7-2-1-3-8-17)30-22-12-5-4-11-21(22)29-25;1-2-6-10(7-3-1)11-8-4-5-9-12-11;/h1-9,11-15H;1-6,8-9H;/q2*-1;. The summed E-state index contributed by atoms with van der Waals surface area (Å²) in [4.78, 5) is 18.7. The van der Waals surface area contributed by atoms with E-state index in [0.717, 1.165) is 38.8 Å². The average molecular weight is 776 g/mol. The Balaban J connectivity index is 0.000000220. The summed E-state index contributed by atoms with van der Waals surface area (Å²) in [5, 5.41) is 1.71. The molecule has 0 spiro atoms. The number of rotatable bonds is 3. The summed E-state index contributed by atoms with van der Waals surface area (Å²) in [7, 11) is 0. The Morgan fingerprint density at radius 1 is 0.674 bits per heavy atom. The summed E-state index contributed by atoms with van der Waals surface area (Å²) in [6.07, 6.45) is 1.79. The Kier molecular flexibility index (Phi) is 7.89. The number of pyridine rings is 1. The summed E-state index contributed by atoms with van der Waals surface area (Å²) < 4.78 is 21.9. The molecule has 5 aromatic carbocycles. The van der Waals surface area contributed by atoms with Gasteiger partial charge in [0.2, 0.25) is 0 Å². The van der Waals surface area contributed by atoms with E-state index in [1.54, 1.807) is 12.3 Å².